The monoisotopic (exact) mass is 314 g/mol. The molecule has 7 heteroatoms. The zero-order chi connectivity index (χ0) is 15.2. The summed E-state index contributed by atoms with van der Waals surface area (Å²) in [6, 6.07) is 0. The SMILES string of the molecule is O=c1[nH]c(=O)n([C@H]2CC[C@@H](CO)O2)cc1/C=C/CCCCl. The predicted octanol–water partition coefficient (Wildman–Crippen LogP) is 1.24. The number of rotatable bonds is 6. The Hall–Kier alpha value is -1.37. The van der Waals surface area contributed by atoms with Crippen LogP contribution in [-0.4, -0.2) is 33.2 Å². The van der Waals surface area contributed by atoms with E-state index >= 15 is 0 Å². The van der Waals surface area contributed by atoms with Crippen LogP contribution in [0.15, 0.2) is 21.9 Å². The summed E-state index contributed by atoms with van der Waals surface area (Å²) in [5, 5.41) is 9.07. The molecule has 116 valence electrons. The van der Waals surface area contributed by atoms with E-state index in [2.05, 4.69) is 4.98 Å². The van der Waals surface area contributed by atoms with Gasteiger partial charge in [-0.05, 0) is 25.7 Å². The topological polar surface area (TPSA) is 84.3 Å². The van der Waals surface area contributed by atoms with Crippen molar-refractivity contribution in [3.63, 3.8) is 0 Å². The summed E-state index contributed by atoms with van der Waals surface area (Å²) in [5.41, 5.74) is -0.517. The van der Waals surface area contributed by atoms with E-state index in [0.29, 0.717) is 24.3 Å². The van der Waals surface area contributed by atoms with Gasteiger partial charge in [0.25, 0.3) is 5.56 Å². The first kappa shape index (κ1) is 16.0. The van der Waals surface area contributed by atoms with Gasteiger partial charge in [0.15, 0.2) is 0 Å². The molecule has 21 heavy (non-hydrogen) atoms. The third kappa shape index (κ3) is 4.06. The molecule has 0 bridgehead atoms. The molecule has 2 heterocycles. The van der Waals surface area contributed by atoms with E-state index in [0.717, 1.165) is 12.8 Å². The van der Waals surface area contributed by atoms with Gasteiger partial charge < -0.3 is 9.84 Å². The highest BCUT2D eigenvalue weighted by atomic mass is 35.5. The van der Waals surface area contributed by atoms with Crippen molar-refractivity contribution in [1.82, 2.24) is 9.55 Å². The van der Waals surface area contributed by atoms with Gasteiger partial charge in [-0.25, -0.2) is 4.79 Å². The number of alkyl halides is 1. The Morgan fingerprint density at radius 2 is 2.29 bits per heavy atom. The van der Waals surface area contributed by atoms with Crippen LogP contribution in [0.25, 0.3) is 6.08 Å². The average Bonchev–Trinajstić information content (AvgIpc) is 2.94. The molecule has 0 unspecified atom stereocenters. The molecule has 6 nitrogen and oxygen atoms in total. The second kappa shape index (κ2) is 7.59. The normalized spacial score (nSPS) is 22.2. The molecule has 1 aromatic rings. The number of aromatic nitrogens is 2. The highest BCUT2D eigenvalue weighted by molar-refractivity contribution is 6.17. The van der Waals surface area contributed by atoms with Crippen LogP contribution in [0.4, 0.5) is 0 Å². The smallest absolute Gasteiger partial charge is 0.330 e. The lowest BCUT2D eigenvalue weighted by atomic mass is 10.2. The standard InChI is InChI=1S/C14H19ClN2O4/c15-7-3-1-2-4-10-8-17(14(20)16-13(10)19)12-6-5-11(9-18)21-12/h2,4,8,11-12,18H,1,3,5-7,9H2,(H,16,19,20)/b4-2+/t11-,12+/m0/s1. The Morgan fingerprint density at radius 3 is 2.95 bits per heavy atom. The number of nitrogens with one attached hydrogen (secondary N) is 1. The highest BCUT2D eigenvalue weighted by Gasteiger charge is 2.26. The van der Waals surface area contributed by atoms with E-state index in [1.54, 1.807) is 6.08 Å². The fourth-order valence-electron chi connectivity index (χ4n) is 2.26. The third-order valence-electron chi connectivity index (χ3n) is 3.40. The molecule has 0 amide bonds. The molecule has 1 saturated heterocycles. The van der Waals surface area contributed by atoms with Gasteiger partial charge >= 0.3 is 5.69 Å². The van der Waals surface area contributed by atoms with E-state index < -0.39 is 17.5 Å². The van der Waals surface area contributed by atoms with Crippen molar-refractivity contribution in [2.24, 2.45) is 0 Å². The summed E-state index contributed by atoms with van der Waals surface area (Å²) < 4.78 is 6.94. The molecule has 1 fully saturated rings. The van der Waals surface area contributed by atoms with E-state index in [1.165, 1.54) is 10.8 Å². The number of unbranched alkanes of at least 4 members (excludes halogenated alkanes) is 1. The number of H-pyrrole nitrogens is 1. The van der Waals surface area contributed by atoms with Crippen LogP contribution in [0.3, 0.4) is 0 Å². The van der Waals surface area contributed by atoms with Gasteiger partial charge in [-0.1, -0.05) is 12.2 Å². The highest BCUT2D eigenvalue weighted by Crippen LogP contribution is 2.26. The Balaban J connectivity index is 2.21. The minimum absolute atomic E-state index is 0.0697. The number of aliphatic hydroxyl groups is 1. The Kier molecular flexibility index (Phi) is 5.78. The molecule has 0 saturated carbocycles. The molecule has 0 spiro atoms. The molecule has 2 N–H and O–H groups in total. The Morgan fingerprint density at radius 1 is 1.48 bits per heavy atom. The summed E-state index contributed by atoms with van der Waals surface area (Å²) in [7, 11) is 0. The van der Waals surface area contributed by atoms with E-state index in [9.17, 15) is 9.59 Å². The first-order chi connectivity index (χ1) is 10.2. The maximum absolute atomic E-state index is 11.9. The van der Waals surface area contributed by atoms with Crippen molar-refractivity contribution in [2.45, 2.75) is 38.0 Å². The fourth-order valence-corrected chi connectivity index (χ4v) is 2.42. The van der Waals surface area contributed by atoms with Crippen molar-refractivity contribution >= 4 is 17.7 Å². The van der Waals surface area contributed by atoms with E-state index in [-0.39, 0.29) is 12.7 Å². The molecule has 0 aliphatic carbocycles. The van der Waals surface area contributed by atoms with Crippen LogP contribution in [0.1, 0.15) is 37.5 Å². The minimum atomic E-state index is -0.499. The maximum atomic E-state index is 11.9. The van der Waals surface area contributed by atoms with Gasteiger partial charge in [-0.2, -0.15) is 0 Å². The Labute approximate surface area is 127 Å². The van der Waals surface area contributed by atoms with Crippen LogP contribution in [0.2, 0.25) is 0 Å². The van der Waals surface area contributed by atoms with Crippen molar-refractivity contribution in [3.05, 3.63) is 38.7 Å². The number of allylic oxidation sites excluding steroid dienone is 1. The van der Waals surface area contributed by atoms with Crippen LogP contribution in [0.5, 0.6) is 0 Å². The van der Waals surface area contributed by atoms with E-state index in [1.807, 2.05) is 6.08 Å². The molecule has 1 aliphatic heterocycles. The first-order valence-corrected chi connectivity index (χ1v) is 7.53. The van der Waals surface area contributed by atoms with Gasteiger partial charge in [-0.15, -0.1) is 11.6 Å². The zero-order valence-corrected chi connectivity index (χ0v) is 12.4. The minimum Gasteiger partial charge on any atom is -0.394 e. The lowest BCUT2D eigenvalue weighted by Gasteiger charge is -2.15. The number of hydrogen-bond donors (Lipinski definition) is 2. The largest absolute Gasteiger partial charge is 0.394 e. The third-order valence-corrected chi connectivity index (χ3v) is 3.66. The second-order valence-corrected chi connectivity index (χ2v) is 5.34. The van der Waals surface area contributed by atoms with Crippen LogP contribution >= 0.6 is 11.6 Å². The van der Waals surface area contributed by atoms with Crippen LogP contribution < -0.4 is 11.2 Å². The summed E-state index contributed by atoms with van der Waals surface area (Å²) in [6.45, 7) is -0.0697. The van der Waals surface area contributed by atoms with Crippen molar-refractivity contribution in [3.8, 4) is 0 Å². The average molecular weight is 315 g/mol. The van der Waals surface area contributed by atoms with Gasteiger partial charge in [0, 0.05) is 12.1 Å². The van der Waals surface area contributed by atoms with Gasteiger partial charge in [-0.3, -0.25) is 14.3 Å². The number of aromatic amines is 1. The summed E-state index contributed by atoms with van der Waals surface area (Å²) in [4.78, 5) is 25.9. The summed E-state index contributed by atoms with van der Waals surface area (Å²) >= 11 is 5.59. The molecule has 0 aromatic carbocycles. The molecular weight excluding hydrogens is 296 g/mol. The molecule has 1 aliphatic rings. The van der Waals surface area contributed by atoms with Crippen molar-refractivity contribution in [2.75, 3.05) is 12.5 Å². The lowest BCUT2D eigenvalue weighted by Crippen LogP contribution is -2.33. The quantitative estimate of drug-likeness (QED) is 0.611. The lowest BCUT2D eigenvalue weighted by molar-refractivity contribution is -0.0246. The van der Waals surface area contributed by atoms with E-state index in [4.69, 9.17) is 21.4 Å². The van der Waals surface area contributed by atoms with Crippen molar-refractivity contribution < 1.29 is 9.84 Å². The first-order valence-electron chi connectivity index (χ1n) is 7.00. The summed E-state index contributed by atoms with van der Waals surface area (Å²) in [5.74, 6) is 0.568. The number of ether oxygens (including phenoxy) is 1. The van der Waals surface area contributed by atoms with Gasteiger partial charge in [0.05, 0.1) is 18.3 Å². The second-order valence-electron chi connectivity index (χ2n) is 4.96. The molecule has 2 rings (SSSR count). The number of halogens is 1. The molecule has 0 radical (unpaired) electrons. The summed E-state index contributed by atoms with van der Waals surface area (Å²) in [6.07, 6.45) is 7.27. The van der Waals surface area contributed by atoms with Crippen LogP contribution in [0, 0.1) is 0 Å². The van der Waals surface area contributed by atoms with Crippen LogP contribution in [-0.2, 0) is 4.74 Å². The molecular formula is C14H19ClN2O4. The number of aliphatic hydroxyl groups excluding tert-OH is 1. The predicted molar refractivity (Wildman–Crippen MR) is 80.5 cm³/mol. The molecule has 1 aromatic heterocycles. The maximum Gasteiger partial charge on any atom is 0.330 e. The number of hydrogen-bond acceptors (Lipinski definition) is 4. The Bertz CT molecular complexity index is 608. The van der Waals surface area contributed by atoms with Gasteiger partial charge in [0.1, 0.15) is 6.23 Å². The number of nitrogens with zero attached hydrogens (tertiary/aromatic N) is 1. The van der Waals surface area contributed by atoms with Gasteiger partial charge in [0.2, 0.25) is 0 Å². The zero-order valence-electron chi connectivity index (χ0n) is 11.6. The van der Waals surface area contributed by atoms with Crippen molar-refractivity contribution in [1.29, 1.82) is 0 Å². The molecule has 2 atom stereocenters. The fraction of sp³-hybridized carbons (Fsp3) is 0.571.